The SMILES string of the molecule is O=C1CC2CCN(Cc3cccc(Br)n3)CC2CCN1. The highest BCUT2D eigenvalue weighted by Crippen LogP contribution is 2.31. The van der Waals surface area contributed by atoms with E-state index in [1.807, 2.05) is 12.1 Å². The Morgan fingerprint density at radius 2 is 2.25 bits per heavy atom. The zero-order valence-electron chi connectivity index (χ0n) is 11.5. The van der Waals surface area contributed by atoms with Gasteiger partial charge in [-0.05, 0) is 59.3 Å². The van der Waals surface area contributed by atoms with Gasteiger partial charge in [0.25, 0.3) is 0 Å². The molecule has 3 heterocycles. The molecule has 2 unspecified atom stereocenters. The van der Waals surface area contributed by atoms with E-state index in [1.54, 1.807) is 0 Å². The van der Waals surface area contributed by atoms with Crippen molar-refractivity contribution in [3.8, 4) is 0 Å². The third-order valence-electron chi connectivity index (χ3n) is 4.42. The van der Waals surface area contributed by atoms with Gasteiger partial charge in [-0.3, -0.25) is 9.69 Å². The lowest BCUT2D eigenvalue weighted by molar-refractivity contribution is -0.121. The Hall–Kier alpha value is -0.940. The van der Waals surface area contributed by atoms with Gasteiger partial charge < -0.3 is 5.32 Å². The van der Waals surface area contributed by atoms with Crippen LogP contribution in [0, 0.1) is 11.8 Å². The van der Waals surface area contributed by atoms with Crippen LogP contribution in [0.25, 0.3) is 0 Å². The molecule has 5 heteroatoms. The van der Waals surface area contributed by atoms with E-state index in [9.17, 15) is 4.79 Å². The van der Waals surface area contributed by atoms with Crippen molar-refractivity contribution in [2.75, 3.05) is 19.6 Å². The number of likely N-dealkylation sites (tertiary alicyclic amines) is 1. The summed E-state index contributed by atoms with van der Waals surface area (Å²) in [5.41, 5.74) is 1.11. The van der Waals surface area contributed by atoms with Gasteiger partial charge in [0.05, 0.1) is 5.69 Å². The smallest absolute Gasteiger partial charge is 0.220 e. The summed E-state index contributed by atoms with van der Waals surface area (Å²) in [6.45, 7) is 3.91. The maximum absolute atomic E-state index is 11.6. The molecule has 1 N–H and O–H groups in total. The average Bonchev–Trinajstić information content (AvgIpc) is 2.59. The first-order chi connectivity index (χ1) is 9.70. The van der Waals surface area contributed by atoms with Gasteiger partial charge in [-0.15, -0.1) is 0 Å². The van der Waals surface area contributed by atoms with Crippen molar-refractivity contribution in [2.24, 2.45) is 11.8 Å². The van der Waals surface area contributed by atoms with Crippen LogP contribution in [0.1, 0.15) is 25.0 Å². The molecule has 2 aliphatic rings. The Balaban J connectivity index is 1.62. The number of aromatic nitrogens is 1. The van der Waals surface area contributed by atoms with Crippen LogP contribution in [0.4, 0.5) is 0 Å². The van der Waals surface area contributed by atoms with E-state index in [4.69, 9.17) is 0 Å². The molecule has 3 rings (SSSR count). The number of halogens is 1. The summed E-state index contributed by atoms with van der Waals surface area (Å²) >= 11 is 3.42. The lowest BCUT2D eigenvalue weighted by Crippen LogP contribution is -2.40. The van der Waals surface area contributed by atoms with Crippen molar-refractivity contribution in [3.05, 3.63) is 28.5 Å². The van der Waals surface area contributed by atoms with Crippen LogP contribution in [0.2, 0.25) is 0 Å². The highest BCUT2D eigenvalue weighted by atomic mass is 79.9. The maximum atomic E-state index is 11.6. The monoisotopic (exact) mass is 337 g/mol. The first-order valence-electron chi connectivity index (χ1n) is 7.31. The van der Waals surface area contributed by atoms with E-state index < -0.39 is 0 Å². The van der Waals surface area contributed by atoms with E-state index >= 15 is 0 Å². The quantitative estimate of drug-likeness (QED) is 0.841. The molecule has 0 aromatic carbocycles. The molecule has 108 valence electrons. The minimum atomic E-state index is 0.236. The molecule has 0 spiro atoms. The summed E-state index contributed by atoms with van der Waals surface area (Å²) in [6.07, 6.45) is 2.96. The number of carbonyl (C=O) groups is 1. The number of amides is 1. The molecule has 2 saturated heterocycles. The molecule has 0 saturated carbocycles. The third kappa shape index (κ3) is 3.38. The fraction of sp³-hybridized carbons (Fsp3) is 0.600. The Labute approximate surface area is 128 Å². The number of fused-ring (bicyclic) bond motifs is 1. The summed E-state index contributed by atoms with van der Waals surface area (Å²) in [4.78, 5) is 18.6. The molecule has 4 nitrogen and oxygen atoms in total. The maximum Gasteiger partial charge on any atom is 0.220 e. The zero-order valence-corrected chi connectivity index (χ0v) is 13.1. The van der Waals surface area contributed by atoms with Crippen LogP contribution in [-0.2, 0) is 11.3 Å². The van der Waals surface area contributed by atoms with E-state index in [1.165, 1.54) is 0 Å². The van der Waals surface area contributed by atoms with Gasteiger partial charge in [-0.2, -0.15) is 0 Å². The van der Waals surface area contributed by atoms with Crippen LogP contribution >= 0.6 is 15.9 Å². The van der Waals surface area contributed by atoms with Gasteiger partial charge in [0.1, 0.15) is 4.60 Å². The molecule has 1 aromatic heterocycles. The van der Waals surface area contributed by atoms with E-state index in [-0.39, 0.29) is 5.91 Å². The minimum absolute atomic E-state index is 0.236. The second-order valence-electron chi connectivity index (χ2n) is 5.84. The van der Waals surface area contributed by atoms with Gasteiger partial charge in [0.2, 0.25) is 5.91 Å². The zero-order chi connectivity index (χ0) is 13.9. The normalized spacial score (nSPS) is 27.6. The number of nitrogens with zero attached hydrogens (tertiary/aromatic N) is 2. The van der Waals surface area contributed by atoms with Crippen LogP contribution in [0.5, 0.6) is 0 Å². The van der Waals surface area contributed by atoms with E-state index in [0.29, 0.717) is 18.3 Å². The lowest BCUT2D eigenvalue weighted by atomic mass is 9.82. The average molecular weight is 338 g/mol. The molecule has 1 amide bonds. The number of piperidine rings is 1. The largest absolute Gasteiger partial charge is 0.356 e. The van der Waals surface area contributed by atoms with Crippen LogP contribution in [0.3, 0.4) is 0 Å². The standard InChI is InChI=1S/C15H20BrN3O/c16-14-3-1-2-13(18-14)10-19-7-5-11-8-15(20)17-6-4-12(11)9-19/h1-3,11-12H,4-10H2,(H,17,20). The van der Waals surface area contributed by atoms with Gasteiger partial charge >= 0.3 is 0 Å². The number of nitrogens with one attached hydrogen (secondary N) is 1. The highest BCUT2D eigenvalue weighted by Gasteiger charge is 2.32. The van der Waals surface area contributed by atoms with Crippen molar-refractivity contribution in [2.45, 2.75) is 25.8 Å². The molecular formula is C15H20BrN3O. The van der Waals surface area contributed by atoms with Crippen molar-refractivity contribution >= 4 is 21.8 Å². The predicted octanol–water partition coefficient (Wildman–Crippen LogP) is 2.19. The summed E-state index contributed by atoms with van der Waals surface area (Å²) in [6, 6.07) is 6.07. The van der Waals surface area contributed by atoms with Gasteiger partial charge in [-0.1, -0.05) is 6.07 Å². The fourth-order valence-corrected chi connectivity index (χ4v) is 3.75. The third-order valence-corrected chi connectivity index (χ3v) is 4.86. The summed E-state index contributed by atoms with van der Waals surface area (Å²) in [7, 11) is 0. The van der Waals surface area contributed by atoms with Crippen LogP contribution < -0.4 is 5.32 Å². The van der Waals surface area contributed by atoms with Gasteiger partial charge in [0.15, 0.2) is 0 Å². The first kappa shape index (κ1) is 14.0. The second-order valence-corrected chi connectivity index (χ2v) is 6.65. The summed E-state index contributed by atoms with van der Waals surface area (Å²) < 4.78 is 0.897. The molecule has 1 aromatic rings. The summed E-state index contributed by atoms with van der Waals surface area (Å²) in [5, 5.41) is 3.00. The van der Waals surface area contributed by atoms with Crippen molar-refractivity contribution in [1.82, 2.24) is 15.2 Å². The number of carbonyl (C=O) groups excluding carboxylic acids is 1. The van der Waals surface area contributed by atoms with E-state index in [0.717, 1.165) is 49.3 Å². The van der Waals surface area contributed by atoms with Gasteiger partial charge in [-0.25, -0.2) is 4.98 Å². The molecule has 2 fully saturated rings. The molecule has 0 aliphatic carbocycles. The number of hydrogen-bond donors (Lipinski definition) is 1. The molecular weight excluding hydrogens is 318 g/mol. The lowest BCUT2D eigenvalue weighted by Gasteiger charge is -2.37. The Bertz CT molecular complexity index is 494. The number of rotatable bonds is 2. The van der Waals surface area contributed by atoms with Crippen LogP contribution in [0.15, 0.2) is 22.8 Å². The molecule has 2 aliphatic heterocycles. The molecule has 0 bridgehead atoms. The predicted molar refractivity (Wildman–Crippen MR) is 81.1 cm³/mol. The van der Waals surface area contributed by atoms with Crippen molar-refractivity contribution < 1.29 is 4.79 Å². The molecule has 20 heavy (non-hydrogen) atoms. The molecule has 0 radical (unpaired) electrons. The Morgan fingerprint density at radius 3 is 3.10 bits per heavy atom. The number of hydrogen-bond acceptors (Lipinski definition) is 3. The fourth-order valence-electron chi connectivity index (χ4n) is 3.37. The highest BCUT2D eigenvalue weighted by molar-refractivity contribution is 9.10. The number of pyridine rings is 1. The topological polar surface area (TPSA) is 45.2 Å². The van der Waals surface area contributed by atoms with Gasteiger partial charge in [0, 0.05) is 26.1 Å². The first-order valence-corrected chi connectivity index (χ1v) is 8.10. The van der Waals surface area contributed by atoms with Crippen molar-refractivity contribution in [1.29, 1.82) is 0 Å². The minimum Gasteiger partial charge on any atom is -0.356 e. The summed E-state index contributed by atoms with van der Waals surface area (Å²) in [5.74, 6) is 1.46. The van der Waals surface area contributed by atoms with E-state index in [2.05, 4.69) is 37.2 Å². The second kappa shape index (κ2) is 6.22. The van der Waals surface area contributed by atoms with Crippen molar-refractivity contribution in [3.63, 3.8) is 0 Å². The Kier molecular flexibility index (Phi) is 4.36. The molecule has 2 atom stereocenters. The van der Waals surface area contributed by atoms with Crippen LogP contribution in [-0.4, -0.2) is 35.4 Å². The Morgan fingerprint density at radius 1 is 1.35 bits per heavy atom.